The van der Waals surface area contributed by atoms with Crippen molar-refractivity contribution < 1.29 is 33.4 Å². The number of rotatable bonds is 7. The number of amides is 1. The predicted molar refractivity (Wildman–Crippen MR) is 112 cm³/mol. The largest absolute Gasteiger partial charge is 0.469 e. The van der Waals surface area contributed by atoms with Crippen molar-refractivity contribution in [3.8, 4) is 0 Å². The van der Waals surface area contributed by atoms with Crippen molar-refractivity contribution in [2.75, 3.05) is 20.3 Å². The number of likely N-dealkylation sites (tertiary alicyclic amines) is 1. The van der Waals surface area contributed by atoms with E-state index in [9.17, 15) is 19.2 Å². The van der Waals surface area contributed by atoms with Gasteiger partial charge in [-0.25, -0.2) is 9.59 Å². The van der Waals surface area contributed by atoms with Crippen molar-refractivity contribution in [3.05, 3.63) is 23.0 Å². The summed E-state index contributed by atoms with van der Waals surface area (Å²) in [5, 5.41) is 0. The van der Waals surface area contributed by atoms with Gasteiger partial charge in [0, 0.05) is 30.0 Å². The van der Waals surface area contributed by atoms with Gasteiger partial charge in [-0.2, -0.15) is 0 Å². The van der Waals surface area contributed by atoms with E-state index in [1.54, 1.807) is 33.8 Å². The number of nitrogens with zero attached hydrogens (tertiary/aromatic N) is 2. The molecule has 1 saturated heterocycles. The Labute approximate surface area is 182 Å². The highest BCUT2D eigenvalue weighted by Crippen LogP contribution is 2.22. The third-order valence-corrected chi connectivity index (χ3v) is 5.14. The molecule has 0 radical (unpaired) electrons. The lowest BCUT2D eigenvalue weighted by Gasteiger charge is -2.27. The molecule has 1 aliphatic heterocycles. The van der Waals surface area contributed by atoms with Gasteiger partial charge in [-0.1, -0.05) is 0 Å². The number of aromatic nitrogens is 1. The molecule has 1 aliphatic rings. The minimum Gasteiger partial charge on any atom is -0.469 e. The maximum absolute atomic E-state index is 12.7. The van der Waals surface area contributed by atoms with Gasteiger partial charge < -0.3 is 18.8 Å². The number of ether oxygens (including phenoxy) is 3. The van der Waals surface area contributed by atoms with Crippen LogP contribution >= 0.6 is 0 Å². The van der Waals surface area contributed by atoms with Gasteiger partial charge in [0.05, 0.1) is 13.5 Å². The van der Waals surface area contributed by atoms with E-state index in [0.717, 1.165) is 5.69 Å². The Morgan fingerprint density at radius 1 is 1.16 bits per heavy atom. The molecule has 1 amide bonds. The zero-order valence-electron chi connectivity index (χ0n) is 19.1. The van der Waals surface area contributed by atoms with E-state index in [4.69, 9.17) is 9.47 Å². The summed E-state index contributed by atoms with van der Waals surface area (Å²) in [6.45, 7) is 9.27. The second-order valence-electron chi connectivity index (χ2n) is 8.63. The molecular weight excluding hydrogens is 404 g/mol. The lowest BCUT2D eigenvalue weighted by atomic mass is 10.1. The maximum atomic E-state index is 12.7. The SMILES string of the molecule is COC(=O)CCn1c(C)cc(C(=O)COC(=O)[C@@H]2CCCN2C(=O)OC(C)(C)C)c1C. The maximum Gasteiger partial charge on any atom is 0.411 e. The normalized spacial score (nSPS) is 16.2. The van der Waals surface area contributed by atoms with Crippen LogP contribution in [0.25, 0.3) is 0 Å². The minimum absolute atomic E-state index is 0.192. The summed E-state index contributed by atoms with van der Waals surface area (Å²) in [7, 11) is 1.33. The Bertz CT molecular complexity index is 851. The van der Waals surface area contributed by atoms with Crippen molar-refractivity contribution in [3.63, 3.8) is 0 Å². The van der Waals surface area contributed by atoms with Crippen LogP contribution in [0.15, 0.2) is 6.07 Å². The predicted octanol–water partition coefficient (Wildman–Crippen LogP) is 2.79. The van der Waals surface area contributed by atoms with Crippen molar-refractivity contribution in [1.29, 1.82) is 0 Å². The second kappa shape index (κ2) is 9.98. The number of methoxy groups -OCH3 is 1. The fourth-order valence-electron chi connectivity index (χ4n) is 3.59. The van der Waals surface area contributed by atoms with Crippen LogP contribution in [0, 0.1) is 13.8 Å². The van der Waals surface area contributed by atoms with Gasteiger partial charge in [-0.3, -0.25) is 14.5 Å². The van der Waals surface area contributed by atoms with Crippen LogP contribution in [0.5, 0.6) is 0 Å². The number of carbonyl (C=O) groups excluding carboxylic acids is 4. The molecule has 2 rings (SSSR count). The number of carbonyl (C=O) groups is 4. The molecule has 31 heavy (non-hydrogen) atoms. The molecule has 0 N–H and O–H groups in total. The Balaban J connectivity index is 1.98. The molecule has 0 saturated carbocycles. The molecule has 2 heterocycles. The second-order valence-corrected chi connectivity index (χ2v) is 8.63. The zero-order chi connectivity index (χ0) is 23.3. The molecule has 1 atom stereocenters. The molecule has 172 valence electrons. The zero-order valence-corrected chi connectivity index (χ0v) is 19.1. The molecule has 9 heteroatoms. The van der Waals surface area contributed by atoms with Crippen molar-refractivity contribution in [2.24, 2.45) is 0 Å². The van der Waals surface area contributed by atoms with Gasteiger partial charge in [0.2, 0.25) is 5.78 Å². The van der Waals surface area contributed by atoms with Gasteiger partial charge >= 0.3 is 18.0 Å². The van der Waals surface area contributed by atoms with Gasteiger partial charge in [0.1, 0.15) is 11.6 Å². The molecule has 9 nitrogen and oxygen atoms in total. The number of Topliss-reactive ketones (excluding diaryl/α,β-unsaturated/α-hetero) is 1. The lowest BCUT2D eigenvalue weighted by molar-refractivity contribution is -0.147. The summed E-state index contributed by atoms with van der Waals surface area (Å²) in [5.74, 6) is -1.29. The van der Waals surface area contributed by atoms with Gasteiger partial charge in [-0.05, 0) is 53.5 Å². The monoisotopic (exact) mass is 436 g/mol. The number of ketones is 1. The van der Waals surface area contributed by atoms with Crippen LogP contribution < -0.4 is 0 Å². The number of hydrogen-bond donors (Lipinski definition) is 0. The van der Waals surface area contributed by atoms with Gasteiger partial charge in [-0.15, -0.1) is 0 Å². The molecule has 0 aliphatic carbocycles. The fourth-order valence-corrected chi connectivity index (χ4v) is 3.59. The number of aryl methyl sites for hydroxylation is 1. The molecule has 1 aromatic heterocycles. The highest BCUT2D eigenvalue weighted by atomic mass is 16.6. The third kappa shape index (κ3) is 6.32. The Kier molecular flexibility index (Phi) is 7.86. The summed E-state index contributed by atoms with van der Waals surface area (Å²) in [5.41, 5.74) is 1.28. The van der Waals surface area contributed by atoms with Crippen molar-refractivity contribution in [1.82, 2.24) is 9.47 Å². The Hall–Kier alpha value is -2.84. The first kappa shape index (κ1) is 24.4. The fraction of sp³-hybridized carbons (Fsp3) is 0.636. The van der Waals surface area contributed by atoms with Crippen LogP contribution in [-0.4, -0.2) is 65.2 Å². The summed E-state index contributed by atoms with van der Waals surface area (Å²) in [4.78, 5) is 50.3. The van der Waals surface area contributed by atoms with Gasteiger partial charge in [0.25, 0.3) is 0 Å². The average molecular weight is 437 g/mol. The first-order valence-corrected chi connectivity index (χ1v) is 10.4. The topological polar surface area (TPSA) is 104 Å². The molecule has 0 spiro atoms. The highest BCUT2D eigenvalue weighted by Gasteiger charge is 2.38. The first-order chi connectivity index (χ1) is 14.4. The van der Waals surface area contributed by atoms with Crippen LogP contribution in [0.1, 0.15) is 61.8 Å². The van der Waals surface area contributed by atoms with E-state index in [1.807, 2.05) is 11.5 Å². The smallest absolute Gasteiger partial charge is 0.411 e. The third-order valence-electron chi connectivity index (χ3n) is 5.14. The standard InChI is InChI=1S/C22H32N2O7/c1-14-12-16(15(2)23(14)11-9-19(26)29-6)18(25)13-30-20(27)17-8-7-10-24(17)21(28)31-22(3,4)5/h12,17H,7-11,13H2,1-6H3/t17-/m0/s1. The molecule has 1 fully saturated rings. The van der Waals surface area contributed by atoms with Crippen LogP contribution in [0.4, 0.5) is 4.79 Å². The van der Waals surface area contributed by atoms with E-state index >= 15 is 0 Å². The van der Waals surface area contributed by atoms with E-state index in [1.165, 1.54) is 12.0 Å². The van der Waals surface area contributed by atoms with E-state index in [0.29, 0.717) is 37.2 Å². The molecular formula is C22H32N2O7. The Morgan fingerprint density at radius 2 is 1.84 bits per heavy atom. The molecule has 0 aromatic carbocycles. The summed E-state index contributed by atoms with van der Waals surface area (Å²) in [6, 6.07) is 0.959. The first-order valence-electron chi connectivity index (χ1n) is 10.4. The Morgan fingerprint density at radius 3 is 2.45 bits per heavy atom. The van der Waals surface area contributed by atoms with E-state index in [-0.39, 0.29) is 18.2 Å². The molecule has 0 bridgehead atoms. The molecule has 0 unspecified atom stereocenters. The van der Waals surface area contributed by atoms with E-state index in [2.05, 4.69) is 4.74 Å². The van der Waals surface area contributed by atoms with Crippen LogP contribution in [-0.2, 0) is 30.3 Å². The summed E-state index contributed by atoms with van der Waals surface area (Å²) >= 11 is 0. The highest BCUT2D eigenvalue weighted by molar-refractivity contribution is 5.99. The molecule has 1 aromatic rings. The van der Waals surface area contributed by atoms with Crippen LogP contribution in [0.2, 0.25) is 0 Å². The van der Waals surface area contributed by atoms with Crippen molar-refractivity contribution in [2.45, 2.75) is 72.1 Å². The summed E-state index contributed by atoms with van der Waals surface area (Å²) in [6.07, 6.45) is 0.757. The quantitative estimate of drug-likeness (QED) is 0.368. The van der Waals surface area contributed by atoms with Crippen LogP contribution in [0.3, 0.4) is 0 Å². The van der Waals surface area contributed by atoms with Gasteiger partial charge in [0.15, 0.2) is 6.61 Å². The number of hydrogen-bond acceptors (Lipinski definition) is 7. The lowest BCUT2D eigenvalue weighted by Crippen LogP contribution is -2.44. The average Bonchev–Trinajstić information content (AvgIpc) is 3.28. The number of esters is 2. The van der Waals surface area contributed by atoms with Crippen molar-refractivity contribution >= 4 is 23.8 Å². The van der Waals surface area contributed by atoms with E-state index < -0.39 is 30.3 Å². The summed E-state index contributed by atoms with van der Waals surface area (Å²) < 4.78 is 17.1. The minimum atomic E-state index is -0.755.